The zero-order valence-electron chi connectivity index (χ0n) is 15.8. The number of nitrogens with one attached hydrogen (secondary N) is 1. The van der Waals surface area contributed by atoms with E-state index in [0.29, 0.717) is 38.2 Å². The highest BCUT2D eigenvalue weighted by atomic mass is 32.2. The number of hydrogen-bond donors (Lipinski definition) is 1. The Kier molecular flexibility index (Phi) is 5.61. The molecule has 146 valence electrons. The van der Waals surface area contributed by atoms with Crippen LogP contribution in [0.15, 0.2) is 24.5 Å². The van der Waals surface area contributed by atoms with Gasteiger partial charge in [-0.1, -0.05) is 0 Å². The monoisotopic (exact) mass is 391 g/mol. The summed E-state index contributed by atoms with van der Waals surface area (Å²) in [6.45, 7) is 5.17. The van der Waals surface area contributed by atoms with Gasteiger partial charge in [0.2, 0.25) is 10.0 Å². The van der Waals surface area contributed by atoms with Crippen molar-refractivity contribution >= 4 is 15.9 Å². The smallest absolute Gasteiger partial charge is 0.272 e. The Bertz CT molecular complexity index is 916. The molecule has 1 aliphatic heterocycles. The van der Waals surface area contributed by atoms with Crippen LogP contribution >= 0.6 is 0 Å². The van der Waals surface area contributed by atoms with Gasteiger partial charge < -0.3 is 9.88 Å². The maximum atomic E-state index is 12.6. The fraction of sp³-hybridized carbons (Fsp3) is 0.500. The van der Waals surface area contributed by atoms with Crippen molar-refractivity contribution in [1.82, 2.24) is 24.2 Å². The maximum absolute atomic E-state index is 12.6. The molecule has 1 N–H and O–H groups in total. The number of rotatable bonds is 5. The van der Waals surface area contributed by atoms with Gasteiger partial charge >= 0.3 is 0 Å². The fourth-order valence-corrected chi connectivity index (χ4v) is 4.48. The van der Waals surface area contributed by atoms with Gasteiger partial charge in [0, 0.05) is 43.8 Å². The summed E-state index contributed by atoms with van der Waals surface area (Å²) in [7, 11) is -3.15. The van der Waals surface area contributed by atoms with Crippen molar-refractivity contribution in [1.29, 1.82) is 0 Å². The predicted molar refractivity (Wildman–Crippen MR) is 102 cm³/mol. The van der Waals surface area contributed by atoms with Crippen LogP contribution in [-0.2, 0) is 16.6 Å². The van der Waals surface area contributed by atoms with Crippen molar-refractivity contribution in [2.24, 2.45) is 0 Å². The Balaban J connectivity index is 1.70. The van der Waals surface area contributed by atoms with Crippen molar-refractivity contribution in [3.8, 4) is 0 Å². The molecule has 3 rings (SSSR count). The SMILES string of the molecule is Cc1nc(C(=O)NCc2ccncc2)c(C)n1C1CCN(S(C)(=O)=O)CC1. The number of aromatic nitrogens is 3. The molecule has 27 heavy (non-hydrogen) atoms. The average Bonchev–Trinajstić information content (AvgIpc) is 2.94. The molecule has 1 saturated heterocycles. The lowest BCUT2D eigenvalue weighted by molar-refractivity contribution is 0.0945. The molecule has 0 unspecified atom stereocenters. The first-order valence-corrected chi connectivity index (χ1v) is 10.8. The Morgan fingerprint density at radius 3 is 2.44 bits per heavy atom. The molecule has 8 nitrogen and oxygen atoms in total. The number of sulfonamides is 1. The van der Waals surface area contributed by atoms with Crippen LogP contribution < -0.4 is 5.32 Å². The lowest BCUT2D eigenvalue weighted by Gasteiger charge is -2.32. The third-order valence-electron chi connectivity index (χ3n) is 5.00. The Hall–Kier alpha value is -2.26. The summed E-state index contributed by atoms with van der Waals surface area (Å²) < 4.78 is 27.0. The summed E-state index contributed by atoms with van der Waals surface area (Å²) in [5.41, 5.74) is 2.21. The minimum atomic E-state index is -3.15. The van der Waals surface area contributed by atoms with Gasteiger partial charge in [0.05, 0.1) is 6.26 Å². The topological polar surface area (TPSA) is 97.2 Å². The second kappa shape index (κ2) is 7.77. The number of nitrogens with zero attached hydrogens (tertiary/aromatic N) is 4. The number of pyridine rings is 1. The Morgan fingerprint density at radius 1 is 1.22 bits per heavy atom. The Morgan fingerprint density at radius 2 is 1.85 bits per heavy atom. The molecular formula is C18H25N5O3S. The summed E-state index contributed by atoms with van der Waals surface area (Å²) in [4.78, 5) is 21.0. The quantitative estimate of drug-likeness (QED) is 0.831. The van der Waals surface area contributed by atoms with Crippen LogP contribution in [0.25, 0.3) is 0 Å². The summed E-state index contributed by atoms with van der Waals surface area (Å²) in [5.74, 6) is 0.569. The number of imidazole rings is 1. The number of carbonyl (C=O) groups is 1. The van der Waals surface area contributed by atoms with Gasteiger partial charge in [0.1, 0.15) is 11.5 Å². The summed E-state index contributed by atoms with van der Waals surface area (Å²) in [6.07, 6.45) is 6.04. The first kappa shape index (κ1) is 19.5. The molecule has 0 radical (unpaired) electrons. The molecule has 2 aromatic heterocycles. The molecule has 0 atom stereocenters. The van der Waals surface area contributed by atoms with E-state index in [4.69, 9.17) is 0 Å². The van der Waals surface area contributed by atoms with Crippen LogP contribution in [0.5, 0.6) is 0 Å². The van der Waals surface area contributed by atoms with Crippen LogP contribution in [0.3, 0.4) is 0 Å². The van der Waals surface area contributed by atoms with Gasteiger partial charge in [0.15, 0.2) is 0 Å². The van der Waals surface area contributed by atoms with Crippen LogP contribution in [0.4, 0.5) is 0 Å². The van der Waals surface area contributed by atoms with E-state index in [1.807, 2.05) is 26.0 Å². The highest BCUT2D eigenvalue weighted by molar-refractivity contribution is 7.88. The molecule has 2 aromatic rings. The van der Waals surface area contributed by atoms with Gasteiger partial charge in [-0.25, -0.2) is 17.7 Å². The maximum Gasteiger partial charge on any atom is 0.272 e. The molecule has 9 heteroatoms. The van der Waals surface area contributed by atoms with E-state index in [9.17, 15) is 13.2 Å². The second-order valence-electron chi connectivity index (χ2n) is 6.89. The van der Waals surface area contributed by atoms with E-state index >= 15 is 0 Å². The van der Waals surface area contributed by atoms with Gasteiger partial charge in [-0.15, -0.1) is 0 Å². The molecule has 0 bridgehead atoms. The fourth-order valence-electron chi connectivity index (χ4n) is 3.61. The van der Waals surface area contributed by atoms with E-state index in [2.05, 4.69) is 19.9 Å². The van der Waals surface area contributed by atoms with Crippen molar-refractivity contribution < 1.29 is 13.2 Å². The largest absolute Gasteiger partial charge is 0.347 e. The van der Waals surface area contributed by atoms with E-state index in [0.717, 1.165) is 17.1 Å². The van der Waals surface area contributed by atoms with Crippen LogP contribution in [0, 0.1) is 13.8 Å². The molecule has 0 aliphatic carbocycles. The minimum absolute atomic E-state index is 0.150. The highest BCUT2D eigenvalue weighted by Gasteiger charge is 2.29. The van der Waals surface area contributed by atoms with Crippen LogP contribution in [-0.4, -0.2) is 52.5 Å². The van der Waals surface area contributed by atoms with Crippen LogP contribution in [0.1, 0.15) is 46.5 Å². The van der Waals surface area contributed by atoms with E-state index in [1.54, 1.807) is 12.4 Å². The van der Waals surface area contributed by atoms with Gasteiger partial charge in [0.25, 0.3) is 5.91 Å². The number of carbonyl (C=O) groups excluding carboxylic acids is 1. The van der Waals surface area contributed by atoms with E-state index < -0.39 is 10.0 Å². The average molecular weight is 391 g/mol. The standard InChI is InChI=1S/C18H25N5O3S/c1-13-17(18(24)20-12-15-4-8-19-9-5-15)21-14(2)23(13)16-6-10-22(11-7-16)27(3,25)26/h4-5,8-9,16H,6-7,10-12H2,1-3H3,(H,20,24). The Labute approximate surface area is 159 Å². The molecular weight excluding hydrogens is 366 g/mol. The molecule has 1 fully saturated rings. The molecule has 1 aliphatic rings. The lowest BCUT2D eigenvalue weighted by atomic mass is 10.1. The zero-order valence-corrected chi connectivity index (χ0v) is 16.7. The zero-order chi connectivity index (χ0) is 19.6. The van der Waals surface area contributed by atoms with Gasteiger partial charge in [-0.2, -0.15) is 0 Å². The van der Waals surface area contributed by atoms with E-state index in [-0.39, 0.29) is 11.9 Å². The van der Waals surface area contributed by atoms with Crippen molar-refractivity contribution in [3.63, 3.8) is 0 Å². The number of hydrogen-bond acceptors (Lipinski definition) is 5. The number of aryl methyl sites for hydroxylation is 1. The van der Waals surface area contributed by atoms with Gasteiger partial charge in [-0.3, -0.25) is 9.78 Å². The second-order valence-corrected chi connectivity index (χ2v) is 8.88. The molecule has 1 amide bonds. The molecule has 0 aromatic carbocycles. The van der Waals surface area contributed by atoms with Crippen molar-refractivity contribution in [2.45, 2.75) is 39.3 Å². The van der Waals surface area contributed by atoms with Gasteiger partial charge in [-0.05, 0) is 44.4 Å². The van der Waals surface area contributed by atoms with Crippen molar-refractivity contribution in [3.05, 3.63) is 47.3 Å². The molecule has 0 spiro atoms. The molecule has 0 saturated carbocycles. The van der Waals surface area contributed by atoms with Crippen LogP contribution in [0.2, 0.25) is 0 Å². The summed E-state index contributed by atoms with van der Waals surface area (Å²) in [6, 6.07) is 3.86. The third-order valence-corrected chi connectivity index (χ3v) is 6.30. The molecule has 3 heterocycles. The third kappa shape index (κ3) is 4.36. The first-order valence-electron chi connectivity index (χ1n) is 8.95. The number of piperidine rings is 1. The number of amides is 1. The predicted octanol–water partition coefficient (Wildman–Crippen LogP) is 1.42. The summed E-state index contributed by atoms with van der Waals surface area (Å²) >= 11 is 0. The minimum Gasteiger partial charge on any atom is -0.347 e. The highest BCUT2D eigenvalue weighted by Crippen LogP contribution is 2.27. The first-order chi connectivity index (χ1) is 12.8. The lowest BCUT2D eigenvalue weighted by Crippen LogP contribution is -2.38. The summed E-state index contributed by atoms with van der Waals surface area (Å²) in [5, 5.41) is 2.90. The normalized spacial score (nSPS) is 16.4. The van der Waals surface area contributed by atoms with Crippen molar-refractivity contribution in [2.75, 3.05) is 19.3 Å². The van der Waals surface area contributed by atoms with E-state index in [1.165, 1.54) is 10.6 Å².